The maximum atomic E-state index is 11.7. The molecule has 1 amide bonds. The van der Waals surface area contributed by atoms with E-state index in [-0.39, 0.29) is 11.9 Å². The molecule has 1 aromatic rings. The Hall–Kier alpha value is -1.40. The van der Waals surface area contributed by atoms with Crippen LogP contribution in [0.3, 0.4) is 0 Å². The van der Waals surface area contributed by atoms with E-state index >= 15 is 0 Å². The quantitative estimate of drug-likeness (QED) is 0.673. The van der Waals surface area contributed by atoms with Crippen LogP contribution in [0.5, 0.6) is 0 Å². The normalized spacial score (nSPS) is 20.2. The molecule has 0 bridgehead atoms. The summed E-state index contributed by atoms with van der Waals surface area (Å²) in [6.07, 6.45) is 2.19. The second-order valence-electron chi connectivity index (χ2n) is 4.23. The highest BCUT2D eigenvalue weighted by molar-refractivity contribution is 5.76. The third kappa shape index (κ3) is 3.54. The molecule has 1 unspecified atom stereocenters. The van der Waals surface area contributed by atoms with Gasteiger partial charge in [0.1, 0.15) is 0 Å². The van der Waals surface area contributed by atoms with Crippen molar-refractivity contribution in [1.29, 1.82) is 0 Å². The van der Waals surface area contributed by atoms with Crippen molar-refractivity contribution in [1.82, 2.24) is 20.8 Å². The molecule has 6 heteroatoms. The van der Waals surface area contributed by atoms with Gasteiger partial charge < -0.3 is 15.4 Å². The van der Waals surface area contributed by atoms with Gasteiger partial charge >= 0.3 is 0 Å². The summed E-state index contributed by atoms with van der Waals surface area (Å²) >= 11 is 0. The molecule has 2 heterocycles. The van der Waals surface area contributed by atoms with Gasteiger partial charge in [-0.25, -0.2) is 0 Å². The number of carbonyl (C=O) groups excluding carboxylic acids is 1. The first-order valence-electron chi connectivity index (χ1n) is 5.82. The SMILES string of the molecule is Cc1[nH]ncc1CNC(=O)CC1COCCN1. The van der Waals surface area contributed by atoms with Crippen LogP contribution in [-0.2, 0) is 16.1 Å². The number of H-pyrrole nitrogens is 1. The monoisotopic (exact) mass is 238 g/mol. The van der Waals surface area contributed by atoms with E-state index in [1.807, 2.05) is 6.92 Å². The largest absolute Gasteiger partial charge is 0.378 e. The molecule has 1 aliphatic rings. The van der Waals surface area contributed by atoms with Crippen LogP contribution in [-0.4, -0.2) is 41.9 Å². The number of hydrogen-bond acceptors (Lipinski definition) is 4. The van der Waals surface area contributed by atoms with Crippen LogP contribution < -0.4 is 10.6 Å². The van der Waals surface area contributed by atoms with Crippen molar-refractivity contribution in [3.05, 3.63) is 17.5 Å². The van der Waals surface area contributed by atoms with Crippen LogP contribution >= 0.6 is 0 Å². The van der Waals surface area contributed by atoms with Crippen LogP contribution in [0.25, 0.3) is 0 Å². The van der Waals surface area contributed by atoms with E-state index in [9.17, 15) is 4.79 Å². The molecule has 1 aromatic heterocycles. The van der Waals surface area contributed by atoms with Crippen LogP contribution in [0.2, 0.25) is 0 Å². The maximum absolute atomic E-state index is 11.7. The molecule has 1 atom stereocenters. The van der Waals surface area contributed by atoms with Crippen LogP contribution in [0.1, 0.15) is 17.7 Å². The van der Waals surface area contributed by atoms with E-state index in [4.69, 9.17) is 4.74 Å². The smallest absolute Gasteiger partial charge is 0.221 e. The lowest BCUT2D eigenvalue weighted by atomic mass is 10.2. The molecule has 0 radical (unpaired) electrons. The van der Waals surface area contributed by atoms with Crippen molar-refractivity contribution in [2.24, 2.45) is 0 Å². The number of carbonyl (C=O) groups is 1. The summed E-state index contributed by atoms with van der Waals surface area (Å²) in [5, 5.41) is 12.9. The van der Waals surface area contributed by atoms with Gasteiger partial charge in [-0.2, -0.15) is 5.10 Å². The molecule has 17 heavy (non-hydrogen) atoms. The highest BCUT2D eigenvalue weighted by Gasteiger charge is 2.16. The minimum Gasteiger partial charge on any atom is -0.378 e. The Morgan fingerprint density at radius 2 is 2.59 bits per heavy atom. The fourth-order valence-corrected chi connectivity index (χ4v) is 1.79. The molecule has 0 aliphatic carbocycles. The lowest BCUT2D eigenvalue weighted by molar-refractivity contribution is -0.122. The number of aryl methyl sites for hydroxylation is 1. The Morgan fingerprint density at radius 1 is 1.71 bits per heavy atom. The Kier molecular flexibility index (Phi) is 4.11. The first-order valence-corrected chi connectivity index (χ1v) is 5.82. The van der Waals surface area contributed by atoms with E-state index in [1.165, 1.54) is 0 Å². The Labute approximate surface area is 100 Å². The minimum atomic E-state index is 0.0357. The van der Waals surface area contributed by atoms with E-state index in [0.717, 1.165) is 24.4 Å². The third-order valence-electron chi connectivity index (χ3n) is 2.84. The van der Waals surface area contributed by atoms with Crippen molar-refractivity contribution in [2.45, 2.75) is 25.9 Å². The first kappa shape index (κ1) is 12.1. The second kappa shape index (κ2) is 5.79. The van der Waals surface area contributed by atoms with Crippen molar-refractivity contribution >= 4 is 5.91 Å². The lowest BCUT2D eigenvalue weighted by Crippen LogP contribution is -2.44. The van der Waals surface area contributed by atoms with Crippen molar-refractivity contribution in [2.75, 3.05) is 19.8 Å². The zero-order valence-electron chi connectivity index (χ0n) is 9.95. The molecule has 0 saturated carbocycles. The number of rotatable bonds is 4. The van der Waals surface area contributed by atoms with Crippen LogP contribution in [0.15, 0.2) is 6.20 Å². The van der Waals surface area contributed by atoms with E-state index in [0.29, 0.717) is 19.6 Å². The summed E-state index contributed by atoms with van der Waals surface area (Å²) in [6.45, 7) is 4.61. The van der Waals surface area contributed by atoms with Gasteiger partial charge in [-0.15, -0.1) is 0 Å². The van der Waals surface area contributed by atoms with Crippen LogP contribution in [0, 0.1) is 6.92 Å². The van der Waals surface area contributed by atoms with E-state index in [2.05, 4.69) is 20.8 Å². The highest BCUT2D eigenvalue weighted by Crippen LogP contribution is 2.02. The first-order chi connectivity index (χ1) is 8.25. The summed E-state index contributed by atoms with van der Waals surface area (Å²) in [5.41, 5.74) is 2.01. The van der Waals surface area contributed by atoms with E-state index < -0.39 is 0 Å². The molecule has 3 N–H and O–H groups in total. The molecule has 0 spiro atoms. The summed E-state index contributed by atoms with van der Waals surface area (Å²) in [7, 11) is 0. The average molecular weight is 238 g/mol. The Morgan fingerprint density at radius 3 is 3.24 bits per heavy atom. The fourth-order valence-electron chi connectivity index (χ4n) is 1.79. The molecule has 1 fully saturated rings. The van der Waals surface area contributed by atoms with Gasteiger partial charge in [0.05, 0.1) is 19.4 Å². The third-order valence-corrected chi connectivity index (χ3v) is 2.84. The van der Waals surface area contributed by atoms with Gasteiger partial charge in [0.15, 0.2) is 0 Å². The number of aromatic amines is 1. The van der Waals surface area contributed by atoms with E-state index in [1.54, 1.807) is 6.20 Å². The number of morpholine rings is 1. The molecule has 6 nitrogen and oxygen atoms in total. The second-order valence-corrected chi connectivity index (χ2v) is 4.23. The van der Waals surface area contributed by atoms with Crippen molar-refractivity contribution in [3.63, 3.8) is 0 Å². The van der Waals surface area contributed by atoms with Gasteiger partial charge in [0, 0.05) is 36.8 Å². The van der Waals surface area contributed by atoms with Gasteiger partial charge in [-0.05, 0) is 6.92 Å². The lowest BCUT2D eigenvalue weighted by Gasteiger charge is -2.23. The topological polar surface area (TPSA) is 79.0 Å². The number of nitrogens with one attached hydrogen (secondary N) is 3. The predicted molar refractivity (Wildman–Crippen MR) is 62.4 cm³/mol. The molecular formula is C11H18N4O2. The zero-order valence-corrected chi connectivity index (χ0v) is 9.95. The Bertz CT molecular complexity index is 371. The average Bonchev–Trinajstić information content (AvgIpc) is 2.74. The number of ether oxygens (including phenoxy) is 1. The van der Waals surface area contributed by atoms with Crippen molar-refractivity contribution < 1.29 is 9.53 Å². The fraction of sp³-hybridized carbons (Fsp3) is 0.636. The summed E-state index contributed by atoms with van der Waals surface area (Å²) in [4.78, 5) is 11.7. The standard InChI is InChI=1S/C11H18N4O2/c1-8-9(6-14-15-8)5-13-11(16)4-10-7-17-3-2-12-10/h6,10,12H,2-5,7H2,1H3,(H,13,16)(H,14,15). The molecule has 2 rings (SSSR count). The van der Waals surface area contributed by atoms with Gasteiger partial charge in [0.25, 0.3) is 0 Å². The molecular weight excluding hydrogens is 220 g/mol. The van der Waals surface area contributed by atoms with Crippen molar-refractivity contribution in [3.8, 4) is 0 Å². The highest BCUT2D eigenvalue weighted by atomic mass is 16.5. The predicted octanol–water partition coefficient (Wildman–Crippen LogP) is -0.287. The summed E-state index contributed by atoms with van der Waals surface area (Å²) in [6, 6.07) is 0.134. The number of hydrogen-bond donors (Lipinski definition) is 3. The van der Waals surface area contributed by atoms with Crippen LogP contribution in [0.4, 0.5) is 0 Å². The molecule has 0 aromatic carbocycles. The van der Waals surface area contributed by atoms with Gasteiger partial charge in [-0.1, -0.05) is 0 Å². The van der Waals surface area contributed by atoms with Gasteiger partial charge in [0.2, 0.25) is 5.91 Å². The maximum Gasteiger partial charge on any atom is 0.221 e. The van der Waals surface area contributed by atoms with Gasteiger partial charge in [-0.3, -0.25) is 9.89 Å². The molecule has 1 saturated heterocycles. The minimum absolute atomic E-state index is 0.0357. The molecule has 94 valence electrons. The molecule has 1 aliphatic heterocycles. The zero-order chi connectivity index (χ0) is 12.1. The number of aromatic nitrogens is 2. The number of amides is 1. The Balaban J connectivity index is 1.72. The summed E-state index contributed by atoms with van der Waals surface area (Å²) < 4.78 is 5.29. The summed E-state index contributed by atoms with van der Waals surface area (Å²) in [5.74, 6) is 0.0357. The number of nitrogens with zero attached hydrogens (tertiary/aromatic N) is 1.